The second kappa shape index (κ2) is 6.99. The van der Waals surface area contributed by atoms with Gasteiger partial charge in [-0.3, -0.25) is 9.69 Å². The first-order valence-corrected chi connectivity index (χ1v) is 8.57. The molecule has 0 bridgehead atoms. The number of carbonyl (C=O) groups excluding carboxylic acids is 2. The van der Waals surface area contributed by atoms with Crippen LogP contribution in [0.4, 0.5) is 10.5 Å². The Balaban J connectivity index is 1.62. The molecular weight excluding hydrogens is 330 g/mol. The molecule has 0 saturated carbocycles. The summed E-state index contributed by atoms with van der Waals surface area (Å²) in [7, 11) is 0. The molecule has 2 aliphatic heterocycles. The van der Waals surface area contributed by atoms with E-state index in [2.05, 4.69) is 0 Å². The van der Waals surface area contributed by atoms with Crippen molar-refractivity contribution in [3.05, 3.63) is 29.3 Å². The third kappa shape index (κ3) is 3.65. The van der Waals surface area contributed by atoms with Gasteiger partial charge in [-0.05, 0) is 32.0 Å². The Morgan fingerprint density at radius 3 is 2.62 bits per heavy atom. The number of hydrogen-bond acceptors (Lipinski definition) is 3. The lowest BCUT2D eigenvalue weighted by atomic mass is 10.2. The van der Waals surface area contributed by atoms with Gasteiger partial charge in [0.2, 0.25) is 5.91 Å². The number of hydrogen-bond donors (Lipinski definition) is 0. The Kier molecular flexibility index (Phi) is 4.96. The second-order valence-corrected chi connectivity index (χ2v) is 6.83. The number of ether oxygens (including phenoxy) is 1. The Morgan fingerprint density at radius 2 is 1.96 bits per heavy atom. The number of benzene rings is 1. The molecule has 3 rings (SSSR count). The minimum atomic E-state index is -0.153. The van der Waals surface area contributed by atoms with E-state index in [4.69, 9.17) is 16.3 Å². The molecule has 3 amide bonds. The van der Waals surface area contributed by atoms with Gasteiger partial charge in [-0.15, -0.1) is 0 Å². The zero-order chi connectivity index (χ0) is 17.3. The number of urea groups is 1. The lowest BCUT2D eigenvalue weighted by molar-refractivity contribution is -0.143. The summed E-state index contributed by atoms with van der Waals surface area (Å²) in [6, 6.07) is 7.04. The summed E-state index contributed by atoms with van der Waals surface area (Å²) in [5, 5.41) is 0.589. The fraction of sp³-hybridized carbons (Fsp3) is 0.529. The van der Waals surface area contributed by atoms with E-state index < -0.39 is 0 Å². The van der Waals surface area contributed by atoms with Crippen LogP contribution in [0.2, 0.25) is 5.02 Å². The fourth-order valence-electron chi connectivity index (χ4n) is 3.26. The maximum Gasteiger partial charge on any atom is 0.325 e. The Labute approximate surface area is 146 Å². The third-order valence-corrected chi connectivity index (χ3v) is 4.55. The molecule has 6 nitrogen and oxygen atoms in total. The fourth-order valence-corrected chi connectivity index (χ4v) is 3.44. The third-order valence-electron chi connectivity index (χ3n) is 4.31. The quantitative estimate of drug-likeness (QED) is 0.839. The monoisotopic (exact) mass is 351 g/mol. The summed E-state index contributed by atoms with van der Waals surface area (Å²) >= 11 is 6.00. The normalized spacial score (nSPS) is 24.6. The van der Waals surface area contributed by atoms with Gasteiger partial charge in [0.05, 0.1) is 12.2 Å². The van der Waals surface area contributed by atoms with Crippen molar-refractivity contribution in [3.8, 4) is 0 Å². The summed E-state index contributed by atoms with van der Waals surface area (Å²) in [4.78, 5) is 30.1. The van der Waals surface area contributed by atoms with E-state index in [1.807, 2.05) is 26.0 Å². The molecule has 0 spiro atoms. The number of rotatable bonds is 3. The zero-order valence-corrected chi connectivity index (χ0v) is 14.7. The van der Waals surface area contributed by atoms with Gasteiger partial charge in [-0.1, -0.05) is 17.7 Å². The van der Waals surface area contributed by atoms with Gasteiger partial charge in [-0.2, -0.15) is 0 Å². The van der Waals surface area contributed by atoms with Crippen LogP contribution in [0.25, 0.3) is 0 Å². The van der Waals surface area contributed by atoms with E-state index in [1.54, 1.807) is 26.8 Å². The molecule has 2 heterocycles. The number of anilines is 1. The highest BCUT2D eigenvalue weighted by Crippen LogP contribution is 2.23. The Morgan fingerprint density at radius 1 is 1.25 bits per heavy atom. The molecule has 2 fully saturated rings. The van der Waals surface area contributed by atoms with Crippen LogP contribution >= 0.6 is 11.6 Å². The first-order valence-electron chi connectivity index (χ1n) is 8.19. The SMILES string of the molecule is CC1CN(C(=O)CN2CCN(c3cccc(Cl)c3)C2=O)CC(C)O1. The van der Waals surface area contributed by atoms with Crippen molar-refractivity contribution in [2.75, 3.05) is 37.6 Å². The molecule has 0 radical (unpaired) electrons. The van der Waals surface area contributed by atoms with E-state index in [-0.39, 0.29) is 30.7 Å². The molecule has 24 heavy (non-hydrogen) atoms. The smallest absolute Gasteiger partial charge is 0.325 e. The molecule has 2 saturated heterocycles. The number of halogens is 1. The number of amides is 3. The van der Waals surface area contributed by atoms with Gasteiger partial charge >= 0.3 is 6.03 Å². The zero-order valence-electron chi connectivity index (χ0n) is 13.9. The molecule has 1 aromatic rings. The molecule has 2 aliphatic rings. The summed E-state index contributed by atoms with van der Waals surface area (Å²) in [6.07, 6.45) is 0.0462. The number of morpholine rings is 1. The van der Waals surface area contributed by atoms with E-state index in [1.165, 1.54) is 0 Å². The van der Waals surface area contributed by atoms with E-state index in [0.717, 1.165) is 5.69 Å². The molecule has 0 aromatic heterocycles. The van der Waals surface area contributed by atoms with Crippen LogP contribution < -0.4 is 4.90 Å². The molecule has 2 unspecified atom stereocenters. The van der Waals surface area contributed by atoms with Crippen LogP contribution in [0.15, 0.2) is 24.3 Å². The lowest BCUT2D eigenvalue weighted by Gasteiger charge is -2.36. The van der Waals surface area contributed by atoms with Gasteiger partial charge in [0, 0.05) is 36.9 Å². The lowest BCUT2D eigenvalue weighted by Crippen LogP contribution is -2.51. The number of nitrogens with zero attached hydrogens (tertiary/aromatic N) is 3. The molecule has 1 aromatic carbocycles. The molecule has 7 heteroatoms. The second-order valence-electron chi connectivity index (χ2n) is 6.39. The molecule has 130 valence electrons. The minimum Gasteiger partial charge on any atom is -0.372 e. The Bertz CT molecular complexity index is 629. The standard InChI is InChI=1S/C17H22ClN3O3/c1-12-9-20(10-13(2)24-12)16(22)11-19-6-7-21(17(19)23)15-5-3-4-14(18)8-15/h3-5,8,12-13H,6-7,9-11H2,1-2H3. The average Bonchev–Trinajstić information content (AvgIpc) is 2.87. The first kappa shape index (κ1) is 17.0. The van der Waals surface area contributed by atoms with Crippen molar-refractivity contribution in [1.82, 2.24) is 9.80 Å². The summed E-state index contributed by atoms with van der Waals surface area (Å²) in [5.74, 6) is -0.0294. The van der Waals surface area contributed by atoms with Crippen LogP contribution in [0.1, 0.15) is 13.8 Å². The summed E-state index contributed by atoms with van der Waals surface area (Å²) in [6.45, 7) is 6.26. The number of carbonyl (C=O) groups is 2. The van der Waals surface area contributed by atoms with E-state index >= 15 is 0 Å². The van der Waals surface area contributed by atoms with Gasteiger partial charge in [0.25, 0.3) is 0 Å². The predicted molar refractivity (Wildman–Crippen MR) is 92.4 cm³/mol. The maximum atomic E-state index is 12.6. The van der Waals surface area contributed by atoms with Crippen LogP contribution in [-0.2, 0) is 9.53 Å². The molecule has 2 atom stereocenters. The van der Waals surface area contributed by atoms with Gasteiger partial charge in [0.15, 0.2) is 0 Å². The van der Waals surface area contributed by atoms with Crippen LogP contribution in [0, 0.1) is 0 Å². The van der Waals surface area contributed by atoms with E-state index in [0.29, 0.717) is 31.2 Å². The van der Waals surface area contributed by atoms with Gasteiger partial charge in [-0.25, -0.2) is 4.79 Å². The average molecular weight is 352 g/mol. The maximum absolute atomic E-state index is 12.6. The molecule has 0 aliphatic carbocycles. The van der Waals surface area contributed by atoms with Crippen molar-refractivity contribution in [3.63, 3.8) is 0 Å². The van der Waals surface area contributed by atoms with Gasteiger partial charge in [0.1, 0.15) is 6.54 Å². The first-order chi connectivity index (χ1) is 11.4. The van der Waals surface area contributed by atoms with Crippen LogP contribution in [0.5, 0.6) is 0 Å². The molecular formula is C17H22ClN3O3. The van der Waals surface area contributed by atoms with Crippen LogP contribution in [0.3, 0.4) is 0 Å². The van der Waals surface area contributed by atoms with E-state index in [9.17, 15) is 9.59 Å². The minimum absolute atomic E-state index is 0.0231. The van der Waals surface area contributed by atoms with Crippen molar-refractivity contribution < 1.29 is 14.3 Å². The van der Waals surface area contributed by atoms with Crippen molar-refractivity contribution >= 4 is 29.2 Å². The highest BCUT2D eigenvalue weighted by molar-refractivity contribution is 6.30. The highest BCUT2D eigenvalue weighted by atomic mass is 35.5. The summed E-state index contributed by atoms with van der Waals surface area (Å²) < 4.78 is 5.65. The van der Waals surface area contributed by atoms with Gasteiger partial charge < -0.3 is 14.5 Å². The largest absolute Gasteiger partial charge is 0.372 e. The summed E-state index contributed by atoms with van der Waals surface area (Å²) in [5.41, 5.74) is 0.760. The Hall–Kier alpha value is -1.79. The molecule has 0 N–H and O–H groups in total. The topological polar surface area (TPSA) is 53.1 Å². The van der Waals surface area contributed by atoms with Crippen LogP contribution in [-0.4, -0.2) is 66.7 Å². The van der Waals surface area contributed by atoms with Crippen molar-refractivity contribution in [2.45, 2.75) is 26.1 Å². The van der Waals surface area contributed by atoms with Crippen molar-refractivity contribution in [1.29, 1.82) is 0 Å². The predicted octanol–water partition coefficient (Wildman–Crippen LogP) is 2.22. The highest BCUT2D eigenvalue weighted by Gasteiger charge is 2.33. The van der Waals surface area contributed by atoms with Crippen molar-refractivity contribution in [2.24, 2.45) is 0 Å².